The van der Waals surface area contributed by atoms with Crippen LogP contribution in [0.5, 0.6) is 0 Å². The van der Waals surface area contributed by atoms with Crippen molar-refractivity contribution < 1.29 is 0 Å². The van der Waals surface area contributed by atoms with Crippen molar-refractivity contribution in [1.82, 2.24) is 20.1 Å². The number of aromatic nitrogens is 3. The molecule has 0 aliphatic carbocycles. The Bertz CT molecular complexity index is 519. The summed E-state index contributed by atoms with van der Waals surface area (Å²) in [6.07, 6.45) is 6.77. The van der Waals surface area contributed by atoms with Gasteiger partial charge in [-0.25, -0.2) is 4.98 Å². The molecule has 2 heterocycles. The first-order chi connectivity index (χ1) is 9.10. The lowest BCUT2D eigenvalue weighted by Gasteiger charge is -2.15. The number of thiazole rings is 1. The van der Waals surface area contributed by atoms with Gasteiger partial charge in [0.15, 0.2) is 0 Å². The van der Waals surface area contributed by atoms with E-state index < -0.39 is 0 Å². The van der Waals surface area contributed by atoms with Gasteiger partial charge in [-0.1, -0.05) is 6.92 Å². The summed E-state index contributed by atoms with van der Waals surface area (Å²) in [5.41, 5.74) is 7.18. The lowest BCUT2D eigenvalue weighted by Crippen LogP contribution is -2.28. The highest BCUT2D eigenvalue weighted by Gasteiger charge is 2.13. The Morgan fingerprint density at radius 3 is 2.84 bits per heavy atom. The smallest absolute Gasteiger partial charge is 0.109 e. The summed E-state index contributed by atoms with van der Waals surface area (Å²) in [4.78, 5) is 5.76. The van der Waals surface area contributed by atoms with Crippen molar-refractivity contribution in [1.29, 1.82) is 0 Å². The maximum Gasteiger partial charge on any atom is 0.109 e. The fourth-order valence-electron chi connectivity index (χ4n) is 1.83. The first-order valence-corrected chi connectivity index (χ1v) is 7.34. The van der Waals surface area contributed by atoms with Crippen molar-refractivity contribution in [3.63, 3.8) is 0 Å². The minimum absolute atomic E-state index is 0.0400. The number of nitrogens with one attached hydrogen (secondary N) is 1. The molecule has 2 rings (SSSR count). The van der Waals surface area contributed by atoms with E-state index in [2.05, 4.69) is 29.2 Å². The molecule has 2 atom stereocenters. The minimum Gasteiger partial charge on any atom is -0.323 e. The number of hydrogen-bond acceptors (Lipinski definition) is 5. The largest absolute Gasteiger partial charge is 0.323 e. The van der Waals surface area contributed by atoms with E-state index in [0.29, 0.717) is 6.54 Å². The average molecular weight is 279 g/mol. The highest BCUT2D eigenvalue weighted by Crippen LogP contribution is 2.20. The summed E-state index contributed by atoms with van der Waals surface area (Å²) in [5, 5.41) is 8.69. The minimum atomic E-state index is -0.0400. The van der Waals surface area contributed by atoms with E-state index in [4.69, 9.17) is 5.73 Å². The van der Waals surface area contributed by atoms with E-state index in [0.717, 1.165) is 17.0 Å². The third-order valence-electron chi connectivity index (χ3n) is 3.09. The van der Waals surface area contributed by atoms with Crippen molar-refractivity contribution in [2.45, 2.75) is 32.4 Å². The Labute approximate surface area is 117 Å². The summed E-state index contributed by atoms with van der Waals surface area (Å²) < 4.78 is 1.77. The van der Waals surface area contributed by atoms with Gasteiger partial charge in [0.1, 0.15) is 5.01 Å². The van der Waals surface area contributed by atoms with E-state index >= 15 is 0 Å². The van der Waals surface area contributed by atoms with Gasteiger partial charge < -0.3 is 11.1 Å². The Hall–Kier alpha value is -1.24. The summed E-state index contributed by atoms with van der Waals surface area (Å²) in [7, 11) is 1.90. The van der Waals surface area contributed by atoms with Crippen LogP contribution < -0.4 is 11.1 Å². The summed E-state index contributed by atoms with van der Waals surface area (Å²) >= 11 is 1.76. The fourth-order valence-corrected chi connectivity index (χ4v) is 2.71. The summed E-state index contributed by atoms with van der Waals surface area (Å²) in [6.45, 7) is 4.98. The van der Waals surface area contributed by atoms with Gasteiger partial charge in [-0.2, -0.15) is 5.10 Å². The monoisotopic (exact) mass is 279 g/mol. The topological polar surface area (TPSA) is 68.8 Å². The molecule has 6 heteroatoms. The molecule has 0 amide bonds. The summed E-state index contributed by atoms with van der Waals surface area (Å²) in [6, 6.07) is 0.190. The summed E-state index contributed by atoms with van der Waals surface area (Å²) in [5.74, 6) is 0. The van der Waals surface area contributed by atoms with Crippen molar-refractivity contribution in [3.8, 4) is 0 Å². The number of nitrogens with two attached hydrogens (primary N) is 1. The molecule has 0 radical (unpaired) electrons. The van der Waals surface area contributed by atoms with Gasteiger partial charge in [0.25, 0.3) is 0 Å². The predicted molar refractivity (Wildman–Crippen MR) is 78.0 cm³/mol. The Balaban J connectivity index is 1.87. The quantitative estimate of drug-likeness (QED) is 0.846. The second-order valence-corrected chi connectivity index (χ2v) is 5.85. The van der Waals surface area contributed by atoms with Gasteiger partial charge in [-0.3, -0.25) is 4.68 Å². The molecular formula is C13H21N5S. The molecule has 0 aliphatic heterocycles. The second-order valence-electron chi connectivity index (χ2n) is 4.70. The van der Waals surface area contributed by atoms with Crippen LogP contribution in [0, 0.1) is 0 Å². The van der Waals surface area contributed by atoms with E-state index in [9.17, 15) is 0 Å². The molecule has 2 unspecified atom stereocenters. The molecule has 0 saturated carbocycles. The van der Waals surface area contributed by atoms with E-state index in [1.165, 1.54) is 4.88 Å². The zero-order valence-electron chi connectivity index (χ0n) is 11.6. The molecule has 5 nitrogen and oxygen atoms in total. The molecule has 3 N–H and O–H groups in total. The molecule has 0 saturated heterocycles. The maximum absolute atomic E-state index is 6.13. The number of hydrogen-bond donors (Lipinski definition) is 2. The number of aryl methyl sites for hydroxylation is 2. The van der Waals surface area contributed by atoms with Crippen LogP contribution in [-0.4, -0.2) is 21.3 Å². The molecule has 0 fully saturated rings. The molecule has 0 spiro atoms. The third kappa shape index (κ3) is 3.62. The van der Waals surface area contributed by atoms with Crippen LogP contribution in [0.3, 0.4) is 0 Å². The Kier molecular flexibility index (Phi) is 4.68. The lowest BCUT2D eigenvalue weighted by molar-refractivity contribution is 0.525. The normalized spacial score (nSPS) is 14.5. The highest BCUT2D eigenvalue weighted by atomic mass is 32.1. The molecule has 0 aliphatic rings. The Morgan fingerprint density at radius 1 is 1.47 bits per heavy atom. The van der Waals surface area contributed by atoms with E-state index in [1.54, 1.807) is 16.0 Å². The van der Waals surface area contributed by atoms with Gasteiger partial charge >= 0.3 is 0 Å². The van der Waals surface area contributed by atoms with Gasteiger partial charge in [0, 0.05) is 42.5 Å². The first-order valence-electron chi connectivity index (χ1n) is 6.52. The molecule has 0 aromatic carbocycles. The van der Waals surface area contributed by atoms with Crippen LogP contribution in [-0.2, 0) is 13.5 Å². The van der Waals surface area contributed by atoms with Gasteiger partial charge in [-0.05, 0) is 13.3 Å². The van der Waals surface area contributed by atoms with E-state index in [-0.39, 0.29) is 12.1 Å². The molecule has 104 valence electrons. The van der Waals surface area contributed by atoms with Crippen LogP contribution in [0.4, 0.5) is 0 Å². The van der Waals surface area contributed by atoms with Crippen LogP contribution in [0.15, 0.2) is 18.6 Å². The molecule has 0 bridgehead atoms. The molecular weight excluding hydrogens is 258 g/mol. The van der Waals surface area contributed by atoms with Crippen molar-refractivity contribution in [3.05, 3.63) is 34.0 Å². The molecule has 2 aromatic heterocycles. The molecule has 2 aromatic rings. The number of nitrogens with zero attached hydrogens (tertiary/aromatic N) is 3. The maximum atomic E-state index is 6.13. The van der Waals surface area contributed by atoms with Crippen LogP contribution >= 0.6 is 11.3 Å². The van der Waals surface area contributed by atoms with Crippen LogP contribution in [0.1, 0.15) is 41.4 Å². The van der Waals surface area contributed by atoms with Crippen molar-refractivity contribution in [2.75, 3.05) is 6.54 Å². The van der Waals surface area contributed by atoms with Gasteiger partial charge in [-0.15, -0.1) is 11.3 Å². The predicted octanol–water partition coefficient (Wildman–Crippen LogP) is 1.79. The van der Waals surface area contributed by atoms with E-state index in [1.807, 2.05) is 25.6 Å². The zero-order valence-corrected chi connectivity index (χ0v) is 12.4. The standard InChI is InChI=1S/C13H21N5S/c1-4-11-6-16-13(19-11)9(2)15-7-12(14)10-5-17-18(3)8-10/h5-6,8-9,12,15H,4,7,14H2,1-3H3. The lowest BCUT2D eigenvalue weighted by atomic mass is 10.1. The average Bonchev–Trinajstić information content (AvgIpc) is 3.04. The van der Waals surface area contributed by atoms with Crippen LogP contribution in [0.25, 0.3) is 0 Å². The van der Waals surface area contributed by atoms with Crippen LogP contribution in [0.2, 0.25) is 0 Å². The second kappa shape index (κ2) is 6.27. The SMILES string of the molecule is CCc1cnc(C(C)NCC(N)c2cnn(C)c2)s1. The van der Waals surface area contributed by atoms with Crippen molar-refractivity contribution in [2.24, 2.45) is 12.8 Å². The third-order valence-corrected chi connectivity index (χ3v) is 4.41. The highest BCUT2D eigenvalue weighted by molar-refractivity contribution is 7.11. The zero-order chi connectivity index (χ0) is 13.8. The first kappa shape index (κ1) is 14.2. The fraction of sp³-hybridized carbons (Fsp3) is 0.538. The Morgan fingerprint density at radius 2 is 2.26 bits per heavy atom. The number of rotatable bonds is 6. The molecule has 19 heavy (non-hydrogen) atoms. The van der Waals surface area contributed by atoms with Gasteiger partial charge in [0.05, 0.1) is 12.2 Å². The van der Waals surface area contributed by atoms with Crippen molar-refractivity contribution >= 4 is 11.3 Å². The van der Waals surface area contributed by atoms with Gasteiger partial charge in [0.2, 0.25) is 0 Å².